The second kappa shape index (κ2) is 10.7. The van der Waals surface area contributed by atoms with Crippen LogP contribution in [0.2, 0.25) is 0 Å². The lowest BCUT2D eigenvalue weighted by Crippen LogP contribution is -2.36. The molecule has 0 radical (unpaired) electrons. The number of hydrogen-bond acceptors (Lipinski definition) is 3. The first-order chi connectivity index (χ1) is 13.8. The van der Waals surface area contributed by atoms with Crippen molar-refractivity contribution in [3.8, 4) is 0 Å². The van der Waals surface area contributed by atoms with Crippen LogP contribution < -0.4 is 16.0 Å². The van der Waals surface area contributed by atoms with Crippen molar-refractivity contribution in [2.24, 2.45) is 5.92 Å². The van der Waals surface area contributed by atoms with Crippen molar-refractivity contribution in [1.82, 2.24) is 5.32 Å². The van der Waals surface area contributed by atoms with Gasteiger partial charge in [0.15, 0.2) is 5.11 Å². The van der Waals surface area contributed by atoms with Crippen LogP contribution in [0.4, 0.5) is 11.4 Å². The van der Waals surface area contributed by atoms with E-state index in [-0.39, 0.29) is 22.8 Å². The van der Waals surface area contributed by atoms with Gasteiger partial charge in [0.25, 0.3) is 0 Å². The molecule has 0 aliphatic carbocycles. The number of rotatable bonds is 7. The molecule has 0 fully saturated rings. The lowest BCUT2D eigenvalue weighted by atomic mass is 9.96. The lowest BCUT2D eigenvalue weighted by molar-refractivity contribution is -0.120. The van der Waals surface area contributed by atoms with Gasteiger partial charge in [0.1, 0.15) is 0 Å². The first-order valence-corrected chi connectivity index (χ1v) is 10.3. The third kappa shape index (κ3) is 7.31. The molecule has 1 unspecified atom stereocenters. The normalized spacial score (nSPS) is 11.6. The summed E-state index contributed by atoms with van der Waals surface area (Å²) in [5.74, 6) is 0.0395. The van der Waals surface area contributed by atoms with Crippen molar-refractivity contribution in [3.05, 3.63) is 59.7 Å². The van der Waals surface area contributed by atoms with Crippen LogP contribution in [-0.2, 0) is 16.0 Å². The van der Waals surface area contributed by atoms with Crippen molar-refractivity contribution in [1.29, 1.82) is 0 Å². The predicted octanol–water partition coefficient (Wildman–Crippen LogP) is 4.85. The van der Waals surface area contributed by atoms with Crippen LogP contribution in [0.3, 0.4) is 0 Å². The maximum Gasteiger partial charge on any atom is 0.233 e. The average molecular weight is 412 g/mol. The van der Waals surface area contributed by atoms with E-state index in [9.17, 15) is 9.59 Å². The van der Waals surface area contributed by atoms with Gasteiger partial charge in [0.2, 0.25) is 11.8 Å². The zero-order valence-electron chi connectivity index (χ0n) is 17.4. The third-order valence-corrected chi connectivity index (χ3v) is 4.68. The molecule has 2 aromatic carbocycles. The summed E-state index contributed by atoms with van der Waals surface area (Å²) in [6.45, 7) is 8.02. The number of amides is 2. The highest BCUT2D eigenvalue weighted by atomic mass is 32.1. The fourth-order valence-electron chi connectivity index (χ4n) is 2.87. The van der Waals surface area contributed by atoms with Crippen molar-refractivity contribution in [3.63, 3.8) is 0 Å². The van der Waals surface area contributed by atoms with Gasteiger partial charge in [-0.1, -0.05) is 51.1 Å². The second-order valence-electron chi connectivity index (χ2n) is 7.49. The van der Waals surface area contributed by atoms with Gasteiger partial charge < -0.3 is 16.0 Å². The van der Waals surface area contributed by atoms with E-state index in [0.717, 1.165) is 12.0 Å². The van der Waals surface area contributed by atoms with Crippen LogP contribution >= 0.6 is 12.2 Å². The smallest absolute Gasteiger partial charge is 0.233 e. The second-order valence-corrected chi connectivity index (χ2v) is 7.90. The van der Waals surface area contributed by atoms with Crippen LogP contribution in [-0.4, -0.2) is 16.9 Å². The monoisotopic (exact) mass is 411 g/mol. The minimum Gasteiger partial charge on any atom is -0.332 e. The minimum absolute atomic E-state index is 0.0636. The van der Waals surface area contributed by atoms with Crippen molar-refractivity contribution < 1.29 is 9.59 Å². The Labute approximate surface area is 178 Å². The van der Waals surface area contributed by atoms with Crippen LogP contribution in [0.15, 0.2) is 48.5 Å². The highest BCUT2D eigenvalue weighted by molar-refractivity contribution is 7.80. The SMILES string of the molecule is CCC(=O)Nc1cccc(NC(=S)NC(=O)C(C)c2ccc(CC(C)C)cc2)c1. The Balaban J connectivity index is 1.93. The Morgan fingerprint density at radius 2 is 1.59 bits per heavy atom. The summed E-state index contributed by atoms with van der Waals surface area (Å²) in [5, 5.41) is 8.74. The van der Waals surface area contributed by atoms with E-state index in [4.69, 9.17) is 12.2 Å². The number of anilines is 2. The Hall–Kier alpha value is -2.73. The highest BCUT2D eigenvalue weighted by Crippen LogP contribution is 2.18. The molecule has 0 spiro atoms. The first kappa shape index (κ1) is 22.6. The number of thiocarbonyl (C=S) groups is 1. The Morgan fingerprint density at radius 1 is 0.966 bits per heavy atom. The predicted molar refractivity (Wildman–Crippen MR) is 123 cm³/mol. The fraction of sp³-hybridized carbons (Fsp3) is 0.348. The zero-order chi connectivity index (χ0) is 21.4. The summed E-state index contributed by atoms with van der Waals surface area (Å²) in [7, 11) is 0. The molecule has 3 N–H and O–H groups in total. The standard InChI is InChI=1S/C23H29N3O2S/c1-5-21(27)24-19-7-6-8-20(14-19)25-23(29)26-22(28)16(4)18-11-9-17(10-12-18)13-15(2)3/h6-12,14-16H,5,13H2,1-4H3,(H,24,27)(H2,25,26,28,29). The highest BCUT2D eigenvalue weighted by Gasteiger charge is 2.16. The first-order valence-electron chi connectivity index (χ1n) is 9.89. The number of benzene rings is 2. The Morgan fingerprint density at radius 3 is 2.17 bits per heavy atom. The molecule has 154 valence electrons. The Bertz CT molecular complexity index is 863. The van der Waals surface area contributed by atoms with E-state index in [2.05, 4.69) is 41.9 Å². The molecule has 1 atom stereocenters. The average Bonchev–Trinajstić information content (AvgIpc) is 2.67. The molecule has 5 nitrogen and oxygen atoms in total. The molecule has 0 aliphatic heterocycles. The molecule has 6 heteroatoms. The number of nitrogens with one attached hydrogen (secondary N) is 3. The molecule has 0 saturated carbocycles. The quantitative estimate of drug-likeness (QED) is 0.570. The van der Waals surface area contributed by atoms with Gasteiger partial charge >= 0.3 is 0 Å². The molecule has 0 saturated heterocycles. The van der Waals surface area contributed by atoms with E-state index in [1.54, 1.807) is 25.1 Å². The minimum atomic E-state index is -0.321. The summed E-state index contributed by atoms with van der Waals surface area (Å²) < 4.78 is 0. The topological polar surface area (TPSA) is 70.2 Å². The van der Waals surface area contributed by atoms with Gasteiger partial charge in [0, 0.05) is 17.8 Å². The van der Waals surface area contributed by atoms with Crippen LogP contribution in [0, 0.1) is 5.92 Å². The van der Waals surface area contributed by atoms with E-state index < -0.39 is 0 Å². The molecule has 0 aromatic heterocycles. The molecular formula is C23H29N3O2S. The van der Waals surface area contributed by atoms with Gasteiger partial charge in [-0.25, -0.2) is 0 Å². The summed E-state index contributed by atoms with van der Waals surface area (Å²) >= 11 is 5.27. The summed E-state index contributed by atoms with van der Waals surface area (Å²) in [6, 6.07) is 15.3. The van der Waals surface area contributed by atoms with Crippen LogP contribution in [0.25, 0.3) is 0 Å². The summed E-state index contributed by atoms with van der Waals surface area (Å²) in [6.07, 6.45) is 1.43. The maximum atomic E-state index is 12.6. The number of carbonyl (C=O) groups excluding carboxylic acids is 2. The van der Waals surface area contributed by atoms with E-state index in [0.29, 0.717) is 23.7 Å². The summed E-state index contributed by atoms with van der Waals surface area (Å²) in [5.41, 5.74) is 3.58. The van der Waals surface area contributed by atoms with Gasteiger partial charge in [-0.15, -0.1) is 0 Å². The molecule has 0 bridgehead atoms. The lowest BCUT2D eigenvalue weighted by Gasteiger charge is -2.15. The number of hydrogen-bond donors (Lipinski definition) is 3. The zero-order valence-corrected chi connectivity index (χ0v) is 18.2. The maximum absolute atomic E-state index is 12.6. The molecule has 2 rings (SSSR count). The number of carbonyl (C=O) groups is 2. The molecule has 2 amide bonds. The molecule has 29 heavy (non-hydrogen) atoms. The van der Waals surface area contributed by atoms with Crippen LogP contribution in [0.1, 0.15) is 51.2 Å². The van der Waals surface area contributed by atoms with E-state index in [1.165, 1.54) is 5.56 Å². The Kier molecular flexibility index (Phi) is 8.34. The van der Waals surface area contributed by atoms with Crippen molar-refractivity contribution >= 4 is 40.5 Å². The molecular weight excluding hydrogens is 382 g/mol. The van der Waals surface area contributed by atoms with Crippen molar-refractivity contribution in [2.45, 2.75) is 46.5 Å². The molecule has 0 heterocycles. The molecule has 0 aliphatic rings. The van der Waals surface area contributed by atoms with Gasteiger partial charge in [-0.3, -0.25) is 9.59 Å². The van der Waals surface area contributed by atoms with E-state index >= 15 is 0 Å². The van der Waals surface area contributed by atoms with Crippen molar-refractivity contribution in [2.75, 3.05) is 10.6 Å². The van der Waals surface area contributed by atoms with Crippen LogP contribution in [0.5, 0.6) is 0 Å². The fourth-order valence-corrected chi connectivity index (χ4v) is 3.09. The van der Waals surface area contributed by atoms with Gasteiger partial charge in [-0.05, 0) is 60.8 Å². The summed E-state index contributed by atoms with van der Waals surface area (Å²) in [4.78, 5) is 24.1. The van der Waals surface area contributed by atoms with Gasteiger partial charge in [-0.2, -0.15) is 0 Å². The van der Waals surface area contributed by atoms with E-state index in [1.807, 2.05) is 25.1 Å². The molecule has 2 aromatic rings. The van der Waals surface area contributed by atoms with Gasteiger partial charge in [0.05, 0.1) is 5.92 Å². The largest absolute Gasteiger partial charge is 0.332 e. The third-order valence-electron chi connectivity index (χ3n) is 4.48.